The van der Waals surface area contributed by atoms with E-state index in [2.05, 4.69) is 4.74 Å². The molecule has 1 rings (SSSR count). The summed E-state index contributed by atoms with van der Waals surface area (Å²) >= 11 is 0. The van der Waals surface area contributed by atoms with Gasteiger partial charge in [-0.1, -0.05) is 12.1 Å². The van der Waals surface area contributed by atoms with E-state index in [0.29, 0.717) is 7.48 Å². The molecule has 0 heterocycles. The summed E-state index contributed by atoms with van der Waals surface area (Å²) in [4.78, 5) is 0. The van der Waals surface area contributed by atoms with Crippen LogP contribution in [0.3, 0.4) is 0 Å². The lowest BCUT2D eigenvalue weighted by Crippen LogP contribution is -2.18. The van der Waals surface area contributed by atoms with Crippen LogP contribution in [0.1, 0.15) is 0 Å². The van der Waals surface area contributed by atoms with Gasteiger partial charge in [-0.05, 0) is 11.5 Å². The predicted molar refractivity (Wildman–Crippen MR) is 40.6 cm³/mol. The summed E-state index contributed by atoms with van der Waals surface area (Å²) in [6.07, 6.45) is 0. The predicted octanol–water partition coefficient (Wildman–Crippen LogP) is 0.0711. The highest BCUT2D eigenvalue weighted by molar-refractivity contribution is 6.45. The minimum atomic E-state index is -0.544. The molecule has 57 valence electrons. The van der Waals surface area contributed by atoms with E-state index in [1.807, 2.05) is 0 Å². The van der Waals surface area contributed by atoms with Crippen molar-refractivity contribution in [2.75, 3.05) is 7.11 Å². The average Bonchev–Trinajstić information content (AvgIpc) is 2.05. The Hall–Kier alpha value is -1.03. The summed E-state index contributed by atoms with van der Waals surface area (Å²) in [6.45, 7) is 0. The quantitative estimate of drug-likeness (QED) is 0.609. The standard InChI is InChI=1S/C7H7BFO2/c1-11-6-4-2-3-5(8-10)7(6)9/h2-4,10H,1H3. The Bertz CT molecular complexity index is 230. The van der Waals surface area contributed by atoms with Gasteiger partial charge in [0.1, 0.15) is 0 Å². The van der Waals surface area contributed by atoms with Gasteiger partial charge in [-0.25, -0.2) is 4.39 Å². The normalized spacial score (nSPS) is 9.36. The van der Waals surface area contributed by atoms with Crippen LogP contribution in [0.2, 0.25) is 0 Å². The van der Waals surface area contributed by atoms with E-state index in [9.17, 15) is 4.39 Å². The van der Waals surface area contributed by atoms with Gasteiger partial charge in [-0.3, -0.25) is 0 Å². The molecule has 0 aliphatic rings. The van der Waals surface area contributed by atoms with Crippen molar-refractivity contribution in [2.45, 2.75) is 0 Å². The highest BCUT2D eigenvalue weighted by atomic mass is 19.1. The third-order valence-electron chi connectivity index (χ3n) is 1.35. The molecular formula is C7H7BFO2. The van der Waals surface area contributed by atoms with Gasteiger partial charge in [0.05, 0.1) is 7.11 Å². The Kier molecular flexibility index (Phi) is 2.49. The molecule has 0 atom stereocenters. The molecule has 0 amide bonds. The first kappa shape index (κ1) is 8.08. The lowest BCUT2D eigenvalue weighted by atomic mass is 9.88. The lowest BCUT2D eigenvalue weighted by molar-refractivity contribution is 0.388. The van der Waals surface area contributed by atoms with Gasteiger partial charge >= 0.3 is 7.48 Å². The summed E-state index contributed by atoms with van der Waals surface area (Å²) in [7, 11) is 2.08. The van der Waals surface area contributed by atoms with Gasteiger partial charge in [0.25, 0.3) is 0 Å². The first-order chi connectivity index (χ1) is 5.29. The topological polar surface area (TPSA) is 29.5 Å². The van der Waals surface area contributed by atoms with Crippen LogP contribution < -0.4 is 10.2 Å². The van der Waals surface area contributed by atoms with Crippen LogP contribution in [0, 0.1) is 5.82 Å². The molecule has 0 unspecified atom stereocenters. The first-order valence-electron chi connectivity index (χ1n) is 3.09. The molecule has 1 aromatic carbocycles. The molecule has 11 heavy (non-hydrogen) atoms. The molecular weight excluding hydrogens is 146 g/mol. The van der Waals surface area contributed by atoms with Gasteiger partial charge in [-0.15, -0.1) is 0 Å². The fraction of sp³-hybridized carbons (Fsp3) is 0.143. The lowest BCUT2D eigenvalue weighted by Gasteiger charge is -2.02. The number of hydrogen-bond acceptors (Lipinski definition) is 2. The largest absolute Gasteiger partial charge is 0.494 e. The molecule has 1 radical (unpaired) electrons. The van der Waals surface area contributed by atoms with E-state index in [1.54, 1.807) is 6.07 Å². The van der Waals surface area contributed by atoms with Crippen LogP contribution >= 0.6 is 0 Å². The summed E-state index contributed by atoms with van der Waals surface area (Å²) in [5, 5.41) is 8.52. The molecule has 0 aliphatic carbocycles. The Morgan fingerprint density at radius 3 is 2.82 bits per heavy atom. The van der Waals surface area contributed by atoms with Gasteiger partial charge in [-0.2, -0.15) is 0 Å². The minimum Gasteiger partial charge on any atom is -0.494 e. The van der Waals surface area contributed by atoms with Crippen LogP contribution in [0.25, 0.3) is 0 Å². The van der Waals surface area contributed by atoms with Crippen LogP contribution in [-0.2, 0) is 0 Å². The van der Waals surface area contributed by atoms with Crippen LogP contribution in [-0.4, -0.2) is 19.6 Å². The third-order valence-corrected chi connectivity index (χ3v) is 1.35. The van der Waals surface area contributed by atoms with E-state index in [1.165, 1.54) is 19.2 Å². The summed E-state index contributed by atoms with van der Waals surface area (Å²) in [5.41, 5.74) is 0.129. The van der Waals surface area contributed by atoms with Gasteiger partial charge in [0.15, 0.2) is 11.6 Å². The molecule has 0 bridgehead atoms. The molecule has 1 aromatic rings. The fourth-order valence-electron chi connectivity index (χ4n) is 0.785. The molecule has 0 saturated heterocycles. The maximum Gasteiger partial charge on any atom is 0.329 e. The Labute approximate surface area is 64.9 Å². The minimum absolute atomic E-state index is 0.129. The van der Waals surface area contributed by atoms with Crippen LogP contribution in [0.4, 0.5) is 4.39 Å². The fourth-order valence-corrected chi connectivity index (χ4v) is 0.785. The molecule has 0 saturated carbocycles. The second-order valence-corrected chi connectivity index (χ2v) is 1.99. The third kappa shape index (κ3) is 1.52. The van der Waals surface area contributed by atoms with E-state index in [-0.39, 0.29) is 11.2 Å². The van der Waals surface area contributed by atoms with Gasteiger partial charge in [0.2, 0.25) is 0 Å². The summed E-state index contributed by atoms with van der Waals surface area (Å²) in [5.74, 6) is -0.412. The van der Waals surface area contributed by atoms with E-state index < -0.39 is 5.82 Å². The first-order valence-corrected chi connectivity index (χ1v) is 3.09. The number of halogens is 1. The Morgan fingerprint density at radius 2 is 2.27 bits per heavy atom. The number of rotatable bonds is 2. The zero-order valence-electron chi connectivity index (χ0n) is 6.04. The zero-order chi connectivity index (χ0) is 8.27. The smallest absolute Gasteiger partial charge is 0.329 e. The van der Waals surface area contributed by atoms with Gasteiger partial charge in [0, 0.05) is 0 Å². The molecule has 0 spiro atoms. The van der Waals surface area contributed by atoms with E-state index in [4.69, 9.17) is 5.02 Å². The number of ether oxygens (including phenoxy) is 1. The van der Waals surface area contributed by atoms with Crippen molar-refractivity contribution in [3.8, 4) is 5.75 Å². The monoisotopic (exact) mass is 153 g/mol. The highest BCUT2D eigenvalue weighted by Crippen LogP contribution is 2.12. The molecule has 0 fully saturated rings. The maximum absolute atomic E-state index is 13.0. The van der Waals surface area contributed by atoms with Gasteiger partial charge < -0.3 is 9.76 Å². The number of hydrogen-bond donors (Lipinski definition) is 1. The second kappa shape index (κ2) is 3.39. The summed E-state index contributed by atoms with van der Waals surface area (Å²) in [6, 6.07) is 4.55. The molecule has 2 nitrogen and oxygen atoms in total. The van der Waals surface area contributed by atoms with Crippen molar-refractivity contribution < 1.29 is 14.2 Å². The SMILES string of the molecule is COc1cccc([B]O)c1F. The van der Waals surface area contributed by atoms with Crippen molar-refractivity contribution in [3.63, 3.8) is 0 Å². The molecule has 0 aromatic heterocycles. The van der Waals surface area contributed by atoms with Crippen molar-refractivity contribution in [1.29, 1.82) is 0 Å². The Morgan fingerprint density at radius 1 is 1.55 bits per heavy atom. The van der Waals surface area contributed by atoms with Crippen molar-refractivity contribution in [1.82, 2.24) is 0 Å². The maximum atomic E-state index is 13.0. The van der Waals surface area contributed by atoms with Crippen molar-refractivity contribution in [2.24, 2.45) is 0 Å². The van der Waals surface area contributed by atoms with Crippen LogP contribution in [0.15, 0.2) is 18.2 Å². The highest BCUT2D eigenvalue weighted by Gasteiger charge is 2.07. The Balaban J connectivity index is 3.10. The molecule has 1 N–H and O–H groups in total. The van der Waals surface area contributed by atoms with Crippen molar-refractivity contribution in [3.05, 3.63) is 24.0 Å². The number of methoxy groups -OCH3 is 1. The zero-order valence-corrected chi connectivity index (χ0v) is 6.04. The summed E-state index contributed by atoms with van der Waals surface area (Å²) < 4.78 is 17.6. The number of benzene rings is 1. The molecule has 4 heteroatoms. The van der Waals surface area contributed by atoms with Crippen LogP contribution in [0.5, 0.6) is 5.75 Å². The average molecular weight is 153 g/mol. The van der Waals surface area contributed by atoms with Crippen molar-refractivity contribution >= 4 is 12.9 Å². The molecule has 0 aliphatic heterocycles. The van der Waals surface area contributed by atoms with E-state index in [0.717, 1.165) is 0 Å². The second-order valence-electron chi connectivity index (χ2n) is 1.99. The van der Waals surface area contributed by atoms with E-state index >= 15 is 0 Å².